The van der Waals surface area contributed by atoms with Crippen molar-refractivity contribution in [3.8, 4) is 11.4 Å². The second kappa shape index (κ2) is 8.01. The van der Waals surface area contributed by atoms with Crippen molar-refractivity contribution < 1.29 is 4.52 Å². The molecular formula is C23H26N6OS. The van der Waals surface area contributed by atoms with E-state index in [-0.39, 0.29) is 0 Å². The summed E-state index contributed by atoms with van der Waals surface area (Å²) in [5.74, 6) is 2.71. The van der Waals surface area contributed by atoms with Gasteiger partial charge in [-0.3, -0.25) is 9.88 Å². The smallest absolute Gasteiger partial charge is 0.164 e. The minimum Gasteiger partial charge on any atom is -0.361 e. The van der Waals surface area contributed by atoms with Gasteiger partial charge in [-0.25, -0.2) is 9.97 Å². The van der Waals surface area contributed by atoms with Gasteiger partial charge in [0.25, 0.3) is 0 Å². The standard InChI is InChI=1S/C23H26N6OS/c1-14-17(4)31-23-20(14)22(25-21(26-23)18-6-5-7-24-12-18)29-10-8-28(9-11-29)13-19-15(2)27-30-16(19)3/h5-7,12H,8-11,13H2,1-4H3. The van der Waals surface area contributed by atoms with Crippen molar-refractivity contribution in [2.75, 3.05) is 31.1 Å². The van der Waals surface area contributed by atoms with E-state index in [0.717, 1.165) is 66.2 Å². The van der Waals surface area contributed by atoms with Crippen LogP contribution >= 0.6 is 11.3 Å². The summed E-state index contributed by atoms with van der Waals surface area (Å²) in [5.41, 5.74) is 4.43. The molecule has 0 radical (unpaired) electrons. The number of pyridine rings is 1. The van der Waals surface area contributed by atoms with Crippen LogP contribution in [0.15, 0.2) is 29.0 Å². The predicted octanol–water partition coefficient (Wildman–Crippen LogP) is 4.30. The molecule has 1 aliphatic rings. The van der Waals surface area contributed by atoms with Gasteiger partial charge in [-0.15, -0.1) is 11.3 Å². The third-order valence-corrected chi connectivity index (χ3v) is 7.27. The number of anilines is 1. The van der Waals surface area contributed by atoms with E-state index in [1.54, 1.807) is 17.5 Å². The van der Waals surface area contributed by atoms with Crippen LogP contribution in [0.25, 0.3) is 21.6 Å². The number of nitrogens with zero attached hydrogens (tertiary/aromatic N) is 6. The zero-order valence-electron chi connectivity index (χ0n) is 18.3. The van der Waals surface area contributed by atoms with Gasteiger partial charge in [-0.05, 0) is 45.4 Å². The molecule has 0 aromatic carbocycles. The molecule has 0 aliphatic carbocycles. The van der Waals surface area contributed by atoms with Crippen LogP contribution in [0.2, 0.25) is 0 Å². The number of rotatable bonds is 4. The minimum absolute atomic E-state index is 0.745. The first-order chi connectivity index (χ1) is 15.0. The van der Waals surface area contributed by atoms with Crippen molar-refractivity contribution in [3.63, 3.8) is 0 Å². The van der Waals surface area contributed by atoms with Gasteiger partial charge >= 0.3 is 0 Å². The van der Waals surface area contributed by atoms with Crippen molar-refractivity contribution in [1.29, 1.82) is 0 Å². The average Bonchev–Trinajstić information content (AvgIpc) is 3.26. The molecule has 0 bridgehead atoms. The molecule has 0 atom stereocenters. The molecular weight excluding hydrogens is 408 g/mol. The lowest BCUT2D eigenvalue weighted by molar-refractivity contribution is 0.247. The summed E-state index contributed by atoms with van der Waals surface area (Å²) in [6.07, 6.45) is 3.61. The number of piperazine rings is 1. The number of hydrogen-bond acceptors (Lipinski definition) is 8. The lowest BCUT2D eigenvalue weighted by Crippen LogP contribution is -2.46. The quantitative estimate of drug-likeness (QED) is 0.474. The van der Waals surface area contributed by atoms with E-state index in [1.807, 2.05) is 32.2 Å². The maximum atomic E-state index is 5.34. The van der Waals surface area contributed by atoms with E-state index in [1.165, 1.54) is 21.4 Å². The Bertz CT molecular complexity index is 1200. The Labute approximate surface area is 185 Å². The third-order valence-electron chi connectivity index (χ3n) is 6.16. The van der Waals surface area contributed by atoms with Gasteiger partial charge in [0.15, 0.2) is 5.82 Å². The van der Waals surface area contributed by atoms with Crippen molar-refractivity contribution in [3.05, 3.63) is 52.0 Å². The molecule has 0 spiro atoms. The first-order valence-corrected chi connectivity index (χ1v) is 11.4. The van der Waals surface area contributed by atoms with Crippen LogP contribution in [-0.4, -0.2) is 51.2 Å². The molecule has 0 N–H and O–H groups in total. The van der Waals surface area contributed by atoms with Gasteiger partial charge in [0.1, 0.15) is 16.4 Å². The molecule has 1 fully saturated rings. The fraction of sp³-hybridized carbons (Fsp3) is 0.391. The zero-order valence-corrected chi connectivity index (χ0v) is 19.2. The molecule has 8 heteroatoms. The van der Waals surface area contributed by atoms with Crippen LogP contribution in [0, 0.1) is 27.7 Å². The van der Waals surface area contributed by atoms with Crippen molar-refractivity contribution in [2.24, 2.45) is 0 Å². The summed E-state index contributed by atoms with van der Waals surface area (Å²) in [5, 5.41) is 5.29. The Kier molecular flexibility index (Phi) is 5.19. The number of hydrogen-bond donors (Lipinski definition) is 0. The Hall–Kier alpha value is -2.84. The summed E-state index contributed by atoms with van der Waals surface area (Å²) in [6.45, 7) is 13.0. The molecule has 1 aliphatic heterocycles. The van der Waals surface area contributed by atoms with Gasteiger partial charge in [-0.2, -0.15) is 0 Å². The molecule has 0 unspecified atom stereocenters. The van der Waals surface area contributed by atoms with Crippen molar-refractivity contribution in [2.45, 2.75) is 34.2 Å². The molecule has 1 saturated heterocycles. The molecule has 31 heavy (non-hydrogen) atoms. The van der Waals surface area contributed by atoms with E-state index < -0.39 is 0 Å². The summed E-state index contributed by atoms with van der Waals surface area (Å²) < 4.78 is 5.34. The number of fused-ring (bicyclic) bond motifs is 1. The largest absolute Gasteiger partial charge is 0.361 e. The van der Waals surface area contributed by atoms with Crippen molar-refractivity contribution in [1.82, 2.24) is 25.0 Å². The Morgan fingerprint density at radius 1 is 1.06 bits per heavy atom. The first kappa shape index (κ1) is 20.1. The van der Waals surface area contributed by atoms with Gasteiger partial charge < -0.3 is 9.42 Å². The topological polar surface area (TPSA) is 71.2 Å². The normalized spacial score (nSPS) is 15.2. The van der Waals surface area contributed by atoms with Gasteiger partial charge in [0, 0.05) is 61.1 Å². The SMILES string of the molecule is Cc1noc(C)c1CN1CCN(c2nc(-c3cccnc3)nc3sc(C)c(C)c23)CC1. The lowest BCUT2D eigenvalue weighted by Gasteiger charge is -2.35. The Balaban J connectivity index is 1.44. The summed E-state index contributed by atoms with van der Waals surface area (Å²) in [7, 11) is 0. The second-order valence-corrected chi connectivity index (χ2v) is 9.35. The molecule has 0 saturated carbocycles. The molecule has 4 aromatic rings. The first-order valence-electron chi connectivity index (χ1n) is 10.6. The lowest BCUT2D eigenvalue weighted by atomic mass is 10.1. The highest BCUT2D eigenvalue weighted by Gasteiger charge is 2.25. The molecule has 4 aromatic heterocycles. The van der Waals surface area contributed by atoms with Crippen LogP contribution in [0.3, 0.4) is 0 Å². The van der Waals surface area contributed by atoms with E-state index in [4.69, 9.17) is 14.5 Å². The van der Waals surface area contributed by atoms with Crippen LogP contribution < -0.4 is 4.90 Å². The van der Waals surface area contributed by atoms with Crippen molar-refractivity contribution >= 4 is 27.4 Å². The van der Waals surface area contributed by atoms with Gasteiger partial charge in [0.2, 0.25) is 0 Å². The maximum absolute atomic E-state index is 5.34. The van der Waals surface area contributed by atoms with Crippen LogP contribution in [0.1, 0.15) is 27.5 Å². The number of aromatic nitrogens is 4. The minimum atomic E-state index is 0.745. The van der Waals surface area contributed by atoms with Gasteiger partial charge in [-0.1, -0.05) is 5.16 Å². The van der Waals surface area contributed by atoms with Crippen LogP contribution in [-0.2, 0) is 6.54 Å². The molecule has 5 rings (SSSR count). The number of thiophene rings is 1. The van der Waals surface area contributed by atoms with E-state index >= 15 is 0 Å². The van der Waals surface area contributed by atoms with E-state index in [0.29, 0.717) is 0 Å². The summed E-state index contributed by atoms with van der Waals surface area (Å²) in [4.78, 5) is 21.4. The van der Waals surface area contributed by atoms with Crippen LogP contribution in [0.5, 0.6) is 0 Å². The summed E-state index contributed by atoms with van der Waals surface area (Å²) in [6, 6.07) is 3.95. The molecule has 0 amide bonds. The molecule has 5 heterocycles. The second-order valence-electron chi connectivity index (χ2n) is 8.14. The Morgan fingerprint density at radius 3 is 2.55 bits per heavy atom. The maximum Gasteiger partial charge on any atom is 0.164 e. The average molecular weight is 435 g/mol. The fourth-order valence-corrected chi connectivity index (χ4v) is 5.17. The fourth-order valence-electron chi connectivity index (χ4n) is 4.15. The molecule has 7 nitrogen and oxygen atoms in total. The number of aryl methyl sites for hydroxylation is 4. The summed E-state index contributed by atoms with van der Waals surface area (Å²) >= 11 is 1.75. The monoisotopic (exact) mass is 434 g/mol. The highest BCUT2D eigenvalue weighted by molar-refractivity contribution is 7.18. The zero-order chi connectivity index (χ0) is 21.5. The Morgan fingerprint density at radius 2 is 1.87 bits per heavy atom. The van der Waals surface area contributed by atoms with E-state index in [2.05, 4.69) is 33.8 Å². The highest BCUT2D eigenvalue weighted by Crippen LogP contribution is 2.37. The van der Waals surface area contributed by atoms with Gasteiger partial charge in [0.05, 0.1) is 11.1 Å². The van der Waals surface area contributed by atoms with Crippen LogP contribution in [0.4, 0.5) is 5.82 Å². The molecule has 160 valence electrons. The third kappa shape index (κ3) is 3.70. The predicted molar refractivity (Wildman–Crippen MR) is 124 cm³/mol. The van der Waals surface area contributed by atoms with E-state index in [9.17, 15) is 0 Å². The highest BCUT2D eigenvalue weighted by atomic mass is 32.1.